The van der Waals surface area contributed by atoms with Crippen LogP contribution in [0.2, 0.25) is 0 Å². The number of halogens is 3. The number of hydrogen-bond donors (Lipinski definition) is 1. The zero-order valence-electron chi connectivity index (χ0n) is 10.8. The molecule has 1 nitrogen and oxygen atoms in total. The second kappa shape index (κ2) is 4.26. The topological polar surface area (TPSA) is 12.0 Å². The van der Waals surface area contributed by atoms with Gasteiger partial charge in [-0.15, -0.1) is 0 Å². The van der Waals surface area contributed by atoms with E-state index in [1.807, 2.05) is 6.92 Å². The molecule has 0 bridgehead atoms. The Kier molecular flexibility index (Phi) is 3.18. The second-order valence-electron chi connectivity index (χ2n) is 5.75. The van der Waals surface area contributed by atoms with E-state index in [9.17, 15) is 13.2 Å². The molecule has 100 valence electrons. The van der Waals surface area contributed by atoms with Crippen molar-refractivity contribution < 1.29 is 13.2 Å². The maximum absolute atomic E-state index is 12.4. The summed E-state index contributed by atoms with van der Waals surface area (Å²) in [5, 5.41) is 3.44. The fourth-order valence-electron chi connectivity index (χ4n) is 2.11. The third-order valence-electron chi connectivity index (χ3n) is 3.70. The predicted octanol–water partition coefficient (Wildman–Crippen LogP) is 4.15. The third kappa shape index (κ3) is 2.86. The van der Waals surface area contributed by atoms with Crippen LogP contribution in [-0.2, 0) is 6.18 Å². The lowest BCUT2D eigenvalue weighted by atomic mass is 10.1. The fourth-order valence-corrected chi connectivity index (χ4v) is 2.11. The molecule has 0 spiro atoms. The Morgan fingerprint density at radius 2 is 1.72 bits per heavy atom. The molecule has 2 atom stereocenters. The lowest BCUT2D eigenvalue weighted by Gasteiger charge is -2.16. The molecular weight excluding hydrogens is 239 g/mol. The van der Waals surface area contributed by atoms with Crippen molar-refractivity contribution in [3.05, 3.63) is 35.4 Å². The van der Waals surface area contributed by atoms with Crippen molar-refractivity contribution in [3.8, 4) is 0 Å². The number of nitrogens with one attached hydrogen (secondary N) is 1. The van der Waals surface area contributed by atoms with Crippen LogP contribution in [0.5, 0.6) is 0 Å². The molecule has 18 heavy (non-hydrogen) atoms. The van der Waals surface area contributed by atoms with Crippen LogP contribution in [0.25, 0.3) is 0 Å². The Bertz CT molecular complexity index is 420. The van der Waals surface area contributed by atoms with Crippen molar-refractivity contribution >= 4 is 0 Å². The van der Waals surface area contributed by atoms with E-state index in [2.05, 4.69) is 19.2 Å². The van der Waals surface area contributed by atoms with E-state index in [0.717, 1.165) is 24.1 Å². The Morgan fingerprint density at radius 1 is 1.22 bits per heavy atom. The molecule has 1 fully saturated rings. The zero-order chi connectivity index (χ0) is 13.6. The lowest BCUT2D eigenvalue weighted by Crippen LogP contribution is -2.24. The van der Waals surface area contributed by atoms with Crippen LogP contribution in [0.3, 0.4) is 0 Å². The lowest BCUT2D eigenvalue weighted by molar-refractivity contribution is -0.137. The van der Waals surface area contributed by atoms with E-state index in [1.165, 1.54) is 0 Å². The highest BCUT2D eigenvalue weighted by molar-refractivity contribution is 5.27. The molecule has 0 amide bonds. The standard InChI is InChI=1S/C14H18F3N/c1-9(18-12-8-13(12,2)3)10-4-6-11(7-5-10)14(15,16)17/h4-7,9,12,18H,8H2,1-3H3. The Morgan fingerprint density at radius 3 is 2.11 bits per heavy atom. The molecule has 2 rings (SSSR count). The van der Waals surface area contributed by atoms with Gasteiger partial charge in [0.2, 0.25) is 0 Å². The van der Waals surface area contributed by atoms with Gasteiger partial charge in [0.25, 0.3) is 0 Å². The molecule has 0 heterocycles. The summed E-state index contributed by atoms with van der Waals surface area (Å²) in [6, 6.07) is 5.94. The van der Waals surface area contributed by atoms with Crippen LogP contribution in [0.1, 0.15) is 44.4 Å². The Balaban J connectivity index is 2.01. The monoisotopic (exact) mass is 257 g/mol. The van der Waals surface area contributed by atoms with Crippen LogP contribution < -0.4 is 5.32 Å². The molecule has 1 aliphatic rings. The number of benzene rings is 1. The minimum Gasteiger partial charge on any atom is -0.307 e. The summed E-state index contributed by atoms with van der Waals surface area (Å²) < 4.78 is 37.3. The van der Waals surface area contributed by atoms with Gasteiger partial charge in [0.1, 0.15) is 0 Å². The maximum atomic E-state index is 12.4. The fraction of sp³-hybridized carbons (Fsp3) is 0.571. The molecule has 0 radical (unpaired) electrons. The summed E-state index contributed by atoms with van der Waals surface area (Å²) in [4.78, 5) is 0. The van der Waals surface area contributed by atoms with Crippen molar-refractivity contribution in [1.82, 2.24) is 5.32 Å². The molecule has 0 saturated heterocycles. The van der Waals surface area contributed by atoms with Gasteiger partial charge in [-0.2, -0.15) is 13.2 Å². The van der Waals surface area contributed by atoms with E-state index in [-0.39, 0.29) is 6.04 Å². The molecule has 1 aromatic carbocycles. The van der Waals surface area contributed by atoms with Crippen LogP contribution in [-0.4, -0.2) is 6.04 Å². The van der Waals surface area contributed by atoms with E-state index < -0.39 is 11.7 Å². The molecule has 0 aromatic heterocycles. The number of alkyl halides is 3. The van der Waals surface area contributed by atoms with Crippen LogP contribution >= 0.6 is 0 Å². The van der Waals surface area contributed by atoms with Crippen LogP contribution in [0, 0.1) is 5.41 Å². The first kappa shape index (κ1) is 13.4. The maximum Gasteiger partial charge on any atom is 0.416 e. The van der Waals surface area contributed by atoms with Gasteiger partial charge in [-0.25, -0.2) is 0 Å². The average Bonchev–Trinajstić information content (AvgIpc) is 2.85. The van der Waals surface area contributed by atoms with Gasteiger partial charge in [-0.05, 0) is 36.5 Å². The second-order valence-corrected chi connectivity index (χ2v) is 5.75. The first-order valence-electron chi connectivity index (χ1n) is 6.13. The SMILES string of the molecule is CC(NC1CC1(C)C)c1ccc(C(F)(F)F)cc1. The predicted molar refractivity (Wildman–Crippen MR) is 65.2 cm³/mol. The van der Waals surface area contributed by atoms with Gasteiger partial charge >= 0.3 is 6.18 Å². The molecule has 1 saturated carbocycles. The smallest absolute Gasteiger partial charge is 0.307 e. The zero-order valence-corrected chi connectivity index (χ0v) is 10.8. The molecule has 1 aromatic rings. The first-order valence-corrected chi connectivity index (χ1v) is 6.13. The third-order valence-corrected chi connectivity index (χ3v) is 3.70. The van der Waals surface area contributed by atoms with E-state index in [0.29, 0.717) is 11.5 Å². The average molecular weight is 257 g/mol. The minimum absolute atomic E-state index is 0.0825. The number of rotatable bonds is 3. The summed E-state index contributed by atoms with van der Waals surface area (Å²) in [6.45, 7) is 6.35. The van der Waals surface area contributed by atoms with Crippen molar-refractivity contribution in [2.75, 3.05) is 0 Å². The first-order chi connectivity index (χ1) is 8.20. The van der Waals surface area contributed by atoms with Crippen molar-refractivity contribution in [2.24, 2.45) is 5.41 Å². The molecule has 4 heteroatoms. The molecule has 0 aliphatic heterocycles. The van der Waals surface area contributed by atoms with Gasteiger partial charge in [0, 0.05) is 12.1 Å². The van der Waals surface area contributed by atoms with E-state index in [1.54, 1.807) is 12.1 Å². The number of hydrogen-bond acceptors (Lipinski definition) is 1. The van der Waals surface area contributed by atoms with E-state index in [4.69, 9.17) is 0 Å². The van der Waals surface area contributed by atoms with Gasteiger partial charge in [0.15, 0.2) is 0 Å². The van der Waals surface area contributed by atoms with Crippen LogP contribution in [0.4, 0.5) is 13.2 Å². The highest BCUT2D eigenvalue weighted by Gasteiger charge is 2.45. The van der Waals surface area contributed by atoms with Gasteiger partial charge < -0.3 is 5.32 Å². The summed E-state index contributed by atoms with van der Waals surface area (Å²) >= 11 is 0. The Labute approximate surface area is 105 Å². The minimum atomic E-state index is -4.26. The van der Waals surface area contributed by atoms with Gasteiger partial charge in [0.05, 0.1) is 5.56 Å². The quantitative estimate of drug-likeness (QED) is 0.857. The van der Waals surface area contributed by atoms with Gasteiger partial charge in [-0.1, -0.05) is 26.0 Å². The molecule has 1 N–H and O–H groups in total. The highest BCUT2D eigenvalue weighted by Crippen LogP contribution is 2.45. The van der Waals surface area contributed by atoms with Crippen molar-refractivity contribution in [3.63, 3.8) is 0 Å². The van der Waals surface area contributed by atoms with Gasteiger partial charge in [-0.3, -0.25) is 0 Å². The Hall–Kier alpha value is -1.03. The molecular formula is C14H18F3N. The largest absolute Gasteiger partial charge is 0.416 e. The van der Waals surface area contributed by atoms with E-state index >= 15 is 0 Å². The summed E-state index contributed by atoms with van der Waals surface area (Å²) in [5.74, 6) is 0. The summed E-state index contributed by atoms with van der Waals surface area (Å²) in [7, 11) is 0. The highest BCUT2D eigenvalue weighted by atomic mass is 19.4. The molecule has 2 unspecified atom stereocenters. The van der Waals surface area contributed by atoms with Crippen molar-refractivity contribution in [1.29, 1.82) is 0 Å². The summed E-state index contributed by atoms with van der Waals surface area (Å²) in [5.41, 5.74) is 0.621. The molecule has 1 aliphatic carbocycles. The normalized spacial score (nSPS) is 23.8. The van der Waals surface area contributed by atoms with Crippen molar-refractivity contribution in [2.45, 2.75) is 45.5 Å². The summed E-state index contributed by atoms with van der Waals surface area (Å²) in [6.07, 6.45) is -3.13. The van der Waals surface area contributed by atoms with Crippen LogP contribution in [0.15, 0.2) is 24.3 Å².